The highest BCUT2D eigenvalue weighted by Gasteiger charge is 2.53. The number of carbonyl (C=O) groups excluding carboxylic acids is 1. The molecule has 4 fully saturated rings. The van der Waals surface area contributed by atoms with Gasteiger partial charge in [0.1, 0.15) is 5.76 Å². The van der Waals surface area contributed by atoms with Crippen molar-refractivity contribution >= 4 is 13.1 Å². The van der Waals surface area contributed by atoms with E-state index in [9.17, 15) is 9.36 Å². The highest BCUT2D eigenvalue weighted by atomic mass is 31.2. The summed E-state index contributed by atoms with van der Waals surface area (Å²) in [4.78, 5) is 12.9. The van der Waals surface area contributed by atoms with Crippen LogP contribution >= 0.6 is 7.60 Å². The molecule has 0 atom stereocenters. The molecule has 0 spiro atoms. The van der Waals surface area contributed by atoms with E-state index >= 15 is 0 Å². The normalized spacial score (nSPS) is 33.0. The molecule has 4 saturated carbocycles. The van der Waals surface area contributed by atoms with Gasteiger partial charge in [0.05, 0.1) is 13.2 Å². The molecule has 0 amide bonds. The number of hydrogen-bond acceptors (Lipinski definition) is 5. The summed E-state index contributed by atoms with van der Waals surface area (Å²) in [5.74, 6) is 3.45. The van der Waals surface area contributed by atoms with E-state index in [0.29, 0.717) is 0 Å². The van der Waals surface area contributed by atoms with Crippen molar-refractivity contribution in [2.45, 2.75) is 64.7 Å². The van der Waals surface area contributed by atoms with Gasteiger partial charge in [0.2, 0.25) is 0 Å². The van der Waals surface area contributed by atoms with Crippen molar-refractivity contribution in [3.05, 3.63) is 23.2 Å². The molecular weight excluding hydrogens is 351 g/mol. The number of carbonyl (C=O) groups is 1. The summed E-state index contributed by atoms with van der Waals surface area (Å²) in [7, 11) is -3.85. The van der Waals surface area contributed by atoms with Gasteiger partial charge in [0.15, 0.2) is 5.76 Å². The van der Waals surface area contributed by atoms with Crippen LogP contribution in [0.3, 0.4) is 0 Å². The van der Waals surface area contributed by atoms with Gasteiger partial charge >= 0.3 is 13.1 Å². The van der Waals surface area contributed by atoms with Crippen molar-refractivity contribution in [1.82, 2.24) is 0 Å². The van der Waals surface area contributed by atoms with Crippen molar-refractivity contribution < 1.29 is 22.8 Å². The Balaban J connectivity index is 1.66. The predicted octanol–water partition coefficient (Wildman–Crippen LogP) is 5.46. The van der Waals surface area contributed by atoms with Gasteiger partial charge in [-0.15, -0.1) is 0 Å². The first-order valence-corrected chi connectivity index (χ1v) is 11.5. The van der Waals surface area contributed by atoms with E-state index in [1.807, 2.05) is 13.0 Å². The minimum atomic E-state index is -3.85. The van der Waals surface area contributed by atoms with Crippen LogP contribution in [0.25, 0.3) is 0 Å². The molecule has 4 aliphatic rings. The number of furan rings is 1. The lowest BCUT2D eigenvalue weighted by molar-refractivity contribution is -0.0154. The van der Waals surface area contributed by atoms with E-state index in [1.54, 1.807) is 13.8 Å². The van der Waals surface area contributed by atoms with Gasteiger partial charge in [-0.05, 0) is 88.7 Å². The van der Waals surface area contributed by atoms with Crippen LogP contribution in [0.15, 0.2) is 10.5 Å². The summed E-state index contributed by atoms with van der Waals surface area (Å²) in [6.07, 6.45) is 7.55. The lowest BCUT2D eigenvalue weighted by atomic mass is 9.49. The standard InChI is InChI=1S/C20H29O5P/c1-4-23-26(22,24-5-2)19(21)18-13(3)6-17(25-18)20-10-14-7-15(11-20)9-16(8-14)12-20/h6,14-16H,4-5,7-12H2,1-3H3. The van der Waals surface area contributed by atoms with E-state index in [1.165, 1.54) is 19.3 Å². The van der Waals surface area contributed by atoms with Crippen molar-refractivity contribution in [2.24, 2.45) is 17.8 Å². The predicted molar refractivity (Wildman–Crippen MR) is 98.5 cm³/mol. The van der Waals surface area contributed by atoms with Crippen LogP contribution < -0.4 is 0 Å². The molecule has 0 saturated heterocycles. The average Bonchev–Trinajstić information content (AvgIpc) is 2.96. The van der Waals surface area contributed by atoms with Gasteiger partial charge in [-0.2, -0.15) is 0 Å². The first kappa shape index (κ1) is 18.5. The lowest BCUT2D eigenvalue weighted by Crippen LogP contribution is -2.48. The molecule has 5 rings (SSSR count). The maximum absolute atomic E-state index is 12.9. The zero-order valence-electron chi connectivity index (χ0n) is 16.0. The Labute approximate surface area is 155 Å². The van der Waals surface area contributed by atoms with Crippen LogP contribution in [-0.4, -0.2) is 18.7 Å². The molecule has 0 unspecified atom stereocenters. The monoisotopic (exact) mass is 380 g/mol. The van der Waals surface area contributed by atoms with Crippen molar-refractivity contribution in [3.63, 3.8) is 0 Å². The third-order valence-corrected chi connectivity index (χ3v) is 8.42. The van der Waals surface area contributed by atoms with Crippen LogP contribution in [-0.2, 0) is 19.0 Å². The minimum Gasteiger partial charge on any atom is -0.456 e. The molecule has 5 nitrogen and oxygen atoms in total. The molecule has 0 aliphatic heterocycles. The van der Waals surface area contributed by atoms with E-state index in [0.717, 1.165) is 48.3 Å². The summed E-state index contributed by atoms with van der Waals surface area (Å²) >= 11 is 0. The molecule has 0 aromatic carbocycles. The number of rotatable bonds is 7. The van der Waals surface area contributed by atoms with E-state index in [4.69, 9.17) is 13.5 Å². The molecule has 4 aliphatic carbocycles. The van der Waals surface area contributed by atoms with Gasteiger partial charge in [0.25, 0.3) is 0 Å². The second kappa shape index (κ2) is 6.61. The second-order valence-electron chi connectivity index (χ2n) is 8.46. The number of aryl methyl sites for hydroxylation is 1. The Morgan fingerprint density at radius 2 is 1.62 bits per heavy atom. The number of hydrogen-bond donors (Lipinski definition) is 0. The van der Waals surface area contributed by atoms with Gasteiger partial charge in [-0.25, -0.2) is 0 Å². The zero-order valence-corrected chi connectivity index (χ0v) is 16.8. The third kappa shape index (κ3) is 2.93. The van der Waals surface area contributed by atoms with Crippen LogP contribution in [0.5, 0.6) is 0 Å². The smallest absolute Gasteiger partial charge is 0.404 e. The lowest BCUT2D eigenvalue weighted by Gasteiger charge is -2.55. The van der Waals surface area contributed by atoms with Crippen LogP contribution in [0.2, 0.25) is 0 Å². The van der Waals surface area contributed by atoms with Crippen molar-refractivity contribution in [2.75, 3.05) is 13.2 Å². The molecule has 6 heteroatoms. The van der Waals surface area contributed by atoms with Gasteiger partial charge in [-0.1, -0.05) is 0 Å². The van der Waals surface area contributed by atoms with Crippen LogP contribution in [0.1, 0.15) is 74.3 Å². The van der Waals surface area contributed by atoms with Crippen LogP contribution in [0, 0.1) is 24.7 Å². The molecule has 0 radical (unpaired) electrons. The van der Waals surface area contributed by atoms with Crippen molar-refractivity contribution in [3.8, 4) is 0 Å². The molecular formula is C20H29O5P. The Bertz CT molecular complexity index is 704. The largest absolute Gasteiger partial charge is 0.456 e. The Morgan fingerprint density at radius 3 is 2.08 bits per heavy atom. The highest BCUT2D eigenvalue weighted by molar-refractivity contribution is 7.72. The maximum Gasteiger partial charge on any atom is 0.404 e. The summed E-state index contributed by atoms with van der Waals surface area (Å²) in [5.41, 5.74) is 0.161. The van der Waals surface area contributed by atoms with E-state index < -0.39 is 13.1 Å². The SMILES string of the molecule is CCOP(=O)(OCC)C(=O)c1oc(C23CC4CC(CC(C4)C2)C3)cc1C. The Kier molecular flexibility index (Phi) is 4.70. The first-order chi connectivity index (χ1) is 12.4. The Morgan fingerprint density at radius 1 is 1.12 bits per heavy atom. The van der Waals surface area contributed by atoms with E-state index in [2.05, 4.69) is 0 Å². The third-order valence-electron chi connectivity index (χ3n) is 6.52. The summed E-state index contributed by atoms with van der Waals surface area (Å²) in [6.45, 7) is 5.57. The fourth-order valence-corrected chi connectivity index (χ4v) is 7.45. The zero-order chi connectivity index (χ0) is 18.5. The summed E-state index contributed by atoms with van der Waals surface area (Å²) < 4.78 is 29.4. The molecule has 4 bridgehead atoms. The molecule has 144 valence electrons. The molecule has 1 aromatic heterocycles. The molecule has 1 heterocycles. The topological polar surface area (TPSA) is 65.7 Å². The van der Waals surface area contributed by atoms with Gasteiger partial charge in [-0.3, -0.25) is 9.36 Å². The van der Waals surface area contributed by atoms with Crippen molar-refractivity contribution in [1.29, 1.82) is 0 Å². The van der Waals surface area contributed by atoms with E-state index in [-0.39, 0.29) is 24.4 Å². The molecule has 1 aromatic rings. The van der Waals surface area contributed by atoms with Gasteiger partial charge < -0.3 is 13.5 Å². The van der Waals surface area contributed by atoms with Crippen LogP contribution in [0.4, 0.5) is 0 Å². The fourth-order valence-electron chi connectivity index (χ4n) is 5.99. The van der Waals surface area contributed by atoms with Gasteiger partial charge in [0, 0.05) is 5.41 Å². The second-order valence-corrected chi connectivity index (χ2v) is 10.4. The minimum absolute atomic E-state index is 0.0687. The highest BCUT2D eigenvalue weighted by Crippen LogP contribution is 2.61. The molecule has 26 heavy (non-hydrogen) atoms. The molecule has 0 N–H and O–H groups in total. The fraction of sp³-hybridized carbons (Fsp3) is 0.750. The first-order valence-electron chi connectivity index (χ1n) is 9.94. The quantitative estimate of drug-likeness (QED) is 0.588. The average molecular weight is 380 g/mol. The Hall–Kier alpha value is -0.900. The summed E-state index contributed by atoms with van der Waals surface area (Å²) in [5, 5.41) is 0. The summed E-state index contributed by atoms with van der Waals surface area (Å²) in [6, 6.07) is 2.00. The maximum atomic E-state index is 12.9.